The molecule has 1 aromatic rings. The molecule has 0 saturated carbocycles. The molecule has 1 aromatic heterocycles. The number of Topliss-reactive ketones (excluding diaryl/α,β-unsaturated/α-hetero) is 1. The Morgan fingerprint density at radius 3 is 2.57 bits per heavy atom. The van der Waals surface area contributed by atoms with E-state index in [1.54, 1.807) is 11.3 Å². The zero-order valence-electron chi connectivity index (χ0n) is 8.91. The second-order valence-corrected chi connectivity index (χ2v) is 3.80. The van der Waals surface area contributed by atoms with Crippen LogP contribution >= 0.6 is 11.3 Å². The molecule has 0 spiro atoms. The lowest BCUT2D eigenvalue weighted by Crippen LogP contribution is -2.21. The molecular weight excluding hydrogens is 196 g/mol. The average Bonchev–Trinajstić information content (AvgIpc) is 2.68. The first-order chi connectivity index (χ1) is 6.72. The summed E-state index contributed by atoms with van der Waals surface area (Å²) in [4.78, 5) is 17.8. The molecule has 0 bridgehead atoms. The molecule has 78 valence electrons. The van der Waals surface area contributed by atoms with Gasteiger partial charge in [0.25, 0.3) is 0 Å². The molecule has 0 radical (unpaired) electrons. The molecule has 0 atom stereocenters. The van der Waals surface area contributed by atoms with E-state index in [2.05, 4.69) is 23.7 Å². The van der Waals surface area contributed by atoms with Gasteiger partial charge in [0.2, 0.25) is 0 Å². The largest absolute Gasteiger partial charge is 0.349 e. The molecule has 1 rings (SSSR count). The van der Waals surface area contributed by atoms with Crippen molar-refractivity contribution in [2.75, 3.05) is 18.0 Å². The summed E-state index contributed by atoms with van der Waals surface area (Å²) in [5, 5.41) is 2.80. The maximum atomic E-state index is 11.4. The van der Waals surface area contributed by atoms with E-state index in [4.69, 9.17) is 0 Å². The Kier molecular flexibility index (Phi) is 4.07. The lowest BCUT2D eigenvalue weighted by atomic mass is 10.2. The van der Waals surface area contributed by atoms with Crippen LogP contribution < -0.4 is 4.90 Å². The Morgan fingerprint density at radius 1 is 1.43 bits per heavy atom. The van der Waals surface area contributed by atoms with Crippen molar-refractivity contribution < 1.29 is 4.79 Å². The normalized spacial score (nSPS) is 10.2. The van der Waals surface area contributed by atoms with Crippen molar-refractivity contribution in [1.29, 1.82) is 0 Å². The van der Waals surface area contributed by atoms with E-state index in [0.717, 1.165) is 18.2 Å². The molecule has 3 nitrogen and oxygen atoms in total. The molecule has 0 aliphatic heterocycles. The van der Waals surface area contributed by atoms with Crippen LogP contribution in [0.3, 0.4) is 0 Å². The number of carbonyl (C=O) groups is 1. The average molecular weight is 212 g/mol. The summed E-state index contributed by atoms with van der Waals surface area (Å²) in [7, 11) is 0. The first-order valence-electron chi connectivity index (χ1n) is 4.96. The number of thiazole rings is 1. The van der Waals surface area contributed by atoms with E-state index in [-0.39, 0.29) is 5.78 Å². The Labute approximate surface area is 88.8 Å². The predicted octanol–water partition coefficient (Wildman–Crippen LogP) is 2.58. The van der Waals surface area contributed by atoms with E-state index in [9.17, 15) is 4.79 Å². The molecule has 0 aliphatic carbocycles. The first-order valence-corrected chi connectivity index (χ1v) is 5.84. The van der Waals surface area contributed by atoms with Gasteiger partial charge in [-0.3, -0.25) is 4.79 Å². The summed E-state index contributed by atoms with van der Waals surface area (Å²) < 4.78 is 0. The number of rotatable bonds is 5. The van der Waals surface area contributed by atoms with Gasteiger partial charge in [-0.05, 0) is 13.8 Å². The number of hydrogen-bond acceptors (Lipinski definition) is 4. The Morgan fingerprint density at radius 2 is 2.07 bits per heavy atom. The van der Waals surface area contributed by atoms with Gasteiger partial charge in [0.05, 0.1) is 0 Å². The molecule has 0 fully saturated rings. The second kappa shape index (κ2) is 5.10. The highest BCUT2D eigenvalue weighted by Gasteiger charge is 2.11. The van der Waals surface area contributed by atoms with Crippen LogP contribution in [0.15, 0.2) is 5.38 Å². The minimum atomic E-state index is 0.125. The van der Waals surface area contributed by atoms with E-state index in [1.165, 1.54) is 0 Å². The van der Waals surface area contributed by atoms with Crippen LogP contribution in [-0.2, 0) is 0 Å². The van der Waals surface area contributed by atoms with E-state index in [0.29, 0.717) is 12.1 Å². The number of ketones is 1. The first kappa shape index (κ1) is 11.2. The minimum absolute atomic E-state index is 0.125. The van der Waals surface area contributed by atoms with Crippen molar-refractivity contribution in [3.8, 4) is 0 Å². The number of carbonyl (C=O) groups excluding carboxylic acids is 1. The van der Waals surface area contributed by atoms with Crippen LogP contribution in [0, 0.1) is 0 Å². The Balaban J connectivity index is 2.81. The van der Waals surface area contributed by atoms with Crippen LogP contribution in [0.1, 0.15) is 37.7 Å². The van der Waals surface area contributed by atoms with Crippen molar-refractivity contribution in [2.45, 2.75) is 27.2 Å². The van der Waals surface area contributed by atoms with Gasteiger partial charge in [-0.1, -0.05) is 6.92 Å². The summed E-state index contributed by atoms with van der Waals surface area (Å²) in [6, 6.07) is 0. The molecule has 0 aromatic carbocycles. The Bertz CT molecular complexity index is 305. The molecule has 0 N–H and O–H groups in total. The van der Waals surface area contributed by atoms with Crippen LogP contribution in [0.25, 0.3) is 0 Å². The van der Waals surface area contributed by atoms with E-state index in [1.807, 2.05) is 12.3 Å². The fourth-order valence-corrected chi connectivity index (χ4v) is 2.17. The molecular formula is C10H16N2OS. The van der Waals surface area contributed by atoms with Gasteiger partial charge < -0.3 is 4.90 Å². The highest BCUT2D eigenvalue weighted by atomic mass is 32.1. The summed E-state index contributed by atoms with van der Waals surface area (Å²) >= 11 is 1.54. The molecule has 0 amide bonds. The number of hydrogen-bond donors (Lipinski definition) is 0. The third kappa shape index (κ3) is 2.32. The molecule has 4 heteroatoms. The van der Waals surface area contributed by atoms with Crippen molar-refractivity contribution in [1.82, 2.24) is 4.98 Å². The molecule has 0 aliphatic rings. The van der Waals surface area contributed by atoms with E-state index >= 15 is 0 Å². The monoisotopic (exact) mass is 212 g/mol. The van der Waals surface area contributed by atoms with Gasteiger partial charge in [0.1, 0.15) is 5.69 Å². The maximum Gasteiger partial charge on any atom is 0.185 e. The number of anilines is 1. The molecule has 14 heavy (non-hydrogen) atoms. The van der Waals surface area contributed by atoms with Gasteiger partial charge >= 0.3 is 0 Å². The second-order valence-electron chi connectivity index (χ2n) is 2.96. The zero-order valence-corrected chi connectivity index (χ0v) is 9.73. The van der Waals surface area contributed by atoms with Gasteiger partial charge in [-0.2, -0.15) is 0 Å². The standard InChI is InChI=1S/C10H16N2OS/c1-4-9(13)8-7-14-10(11-8)12(5-2)6-3/h7H,4-6H2,1-3H3. The van der Waals surface area contributed by atoms with Crippen molar-refractivity contribution in [2.24, 2.45) is 0 Å². The fraction of sp³-hybridized carbons (Fsp3) is 0.600. The molecule has 0 unspecified atom stereocenters. The fourth-order valence-electron chi connectivity index (χ4n) is 1.21. The van der Waals surface area contributed by atoms with Crippen molar-refractivity contribution in [3.05, 3.63) is 11.1 Å². The predicted molar refractivity (Wildman–Crippen MR) is 60.3 cm³/mol. The third-order valence-corrected chi connectivity index (χ3v) is 3.03. The molecule has 0 saturated heterocycles. The Hall–Kier alpha value is -0.900. The number of nitrogens with zero attached hydrogens (tertiary/aromatic N) is 2. The van der Waals surface area contributed by atoms with Gasteiger partial charge in [-0.25, -0.2) is 4.98 Å². The van der Waals surface area contributed by atoms with Crippen molar-refractivity contribution in [3.63, 3.8) is 0 Å². The van der Waals surface area contributed by atoms with Crippen LogP contribution in [0.4, 0.5) is 5.13 Å². The smallest absolute Gasteiger partial charge is 0.185 e. The number of aromatic nitrogens is 1. The van der Waals surface area contributed by atoms with Gasteiger partial charge in [0.15, 0.2) is 10.9 Å². The van der Waals surface area contributed by atoms with Crippen molar-refractivity contribution >= 4 is 22.3 Å². The highest BCUT2D eigenvalue weighted by Crippen LogP contribution is 2.20. The lowest BCUT2D eigenvalue weighted by Gasteiger charge is -2.16. The third-order valence-electron chi connectivity index (χ3n) is 2.13. The lowest BCUT2D eigenvalue weighted by molar-refractivity contribution is 0.0984. The van der Waals surface area contributed by atoms with Crippen LogP contribution in [0.5, 0.6) is 0 Å². The van der Waals surface area contributed by atoms with Crippen LogP contribution in [-0.4, -0.2) is 23.9 Å². The molecule has 1 heterocycles. The quantitative estimate of drug-likeness (QED) is 0.703. The highest BCUT2D eigenvalue weighted by molar-refractivity contribution is 7.13. The zero-order chi connectivity index (χ0) is 10.6. The van der Waals surface area contributed by atoms with E-state index < -0.39 is 0 Å². The van der Waals surface area contributed by atoms with Crippen LogP contribution in [0.2, 0.25) is 0 Å². The summed E-state index contributed by atoms with van der Waals surface area (Å²) in [6.07, 6.45) is 0.529. The van der Waals surface area contributed by atoms with Gasteiger partial charge in [0, 0.05) is 24.9 Å². The minimum Gasteiger partial charge on any atom is -0.349 e. The summed E-state index contributed by atoms with van der Waals surface area (Å²) in [5.41, 5.74) is 0.611. The summed E-state index contributed by atoms with van der Waals surface area (Å²) in [6.45, 7) is 7.91. The topological polar surface area (TPSA) is 33.2 Å². The maximum absolute atomic E-state index is 11.4. The SMILES string of the molecule is CCC(=O)c1csc(N(CC)CC)n1. The van der Waals surface area contributed by atoms with Gasteiger partial charge in [-0.15, -0.1) is 11.3 Å². The summed E-state index contributed by atoms with van der Waals surface area (Å²) in [5.74, 6) is 0.125.